The molecular formula is C27H29NO6. The van der Waals surface area contributed by atoms with Gasteiger partial charge in [-0.15, -0.1) is 0 Å². The van der Waals surface area contributed by atoms with Gasteiger partial charge in [0.1, 0.15) is 24.2 Å². The van der Waals surface area contributed by atoms with Gasteiger partial charge in [0.15, 0.2) is 11.5 Å². The average molecular weight is 464 g/mol. The lowest BCUT2D eigenvalue weighted by molar-refractivity contribution is -0.130. The highest BCUT2D eigenvalue weighted by Gasteiger charge is 2.27. The number of hydrogen-bond acceptors (Lipinski definition) is 6. The van der Waals surface area contributed by atoms with Crippen LogP contribution in [0.15, 0.2) is 69.9 Å². The molecule has 0 N–H and O–H groups in total. The molecule has 3 aromatic rings. The van der Waals surface area contributed by atoms with E-state index in [2.05, 4.69) is 0 Å². The zero-order chi connectivity index (χ0) is 23.9. The number of hydrogen-bond donors (Lipinski definition) is 0. The van der Waals surface area contributed by atoms with Crippen LogP contribution in [-0.4, -0.2) is 37.1 Å². The van der Waals surface area contributed by atoms with Gasteiger partial charge in [-0.2, -0.15) is 0 Å². The topological polar surface area (TPSA) is 78.2 Å². The van der Waals surface area contributed by atoms with Gasteiger partial charge in [0.25, 0.3) is 0 Å². The molecule has 1 aromatic heterocycles. The minimum atomic E-state index is -0.437. The molecule has 1 saturated heterocycles. The molecular weight excluding hydrogens is 434 g/mol. The summed E-state index contributed by atoms with van der Waals surface area (Å²) in [7, 11) is 1.61. The Morgan fingerprint density at radius 2 is 1.88 bits per heavy atom. The van der Waals surface area contributed by atoms with E-state index in [4.69, 9.17) is 18.6 Å². The van der Waals surface area contributed by atoms with Crippen molar-refractivity contribution in [2.75, 3.05) is 20.2 Å². The monoisotopic (exact) mass is 463 g/mol. The first-order valence-corrected chi connectivity index (χ1v) is 11.4. The third-order valence-electron chi connectivity index (χ3n) is 5.76. The molecule has 7 nitrogen and oxygen atoms in total. The predicted octanol–water partition coefficient (Wildman–Crippen LogP) is 4.15. The summed E-state index contributed by atoms with van der Waals surface area (Å²) in [6.45, 7) is 3.29. The fourth-order valence-electron chi connectivity index (χ4n) is 4.02. The lowest BCUT2D eigenvalue weighted by Crippen LogP contribution is -2.31. The van der Waals surface area contributed by atoms with E-state index in [0.717, 1.165) is 17.5 Å². The van der Waals surface area contributed by atoms with Crippen LogP contribution < -0.4 is 19.8 Å². The number of ether oxygens (including phenoxy) is 3. The maximum absolute atomic E-state index is 12.8. The van der Waals surface area contributed by atoms with Crippen molar-refractivity contribution in [3.8, 4) is 17.2 Å². The summed E-state index contributed by atoms with van der Waals surface area (Å²) >= 11 is 0. The quantitative estimate of drug-likeness (QED) is 0.475. The maximum atomic E-state index is 12.8. The first kappa shape index (κ1) is 23.4. The summed E-state index contributed by atoms with van der Waals surface area (Å²) < 4.78 is 22.3. The van der Waals surface area contributed by atoms with Crippen molar-refractivity contribution in [1.29, 1.82) is 0 Å². The molecule has 0 bridgehead atoms. The van der Waals surface area contributed by atoms with Crippen LogP contribution >= 0.6 is 0 Å². The molecule has 4 rings (SSSR count). The minimum absolute atomic E-state index is 0.0810. The highest BCUT2D eigenvalue weighted by atomic mass is 16.5. The van der Waals surface area contributed by atoms with E-state index in [1.54, 1.807) is 20.1 Å². The van der Waals surface area contributed by atoms with Crippen LogP contribution in [-0.2, 0) is 17.8 Å². The summed E-state index contributed by atoms with van der Waals surface area (Å²) in [4.78, 5) is 26.1. The van der Waals surface area contributed by atoms with Gasteiger partial charge < -0.3 is 23.5 Å². The standard InChI is InChI=1S/C27H29NO6/c1-19-14-23(16-27(30)33-19)34-22-12-13-28(17-22)26(29)11-9-20-8-10-24(31-2)25(15-20)32-18-21-6-4-3-5-7-21/h3-8,10,14-16,22H,9,11-13,17-18H2,1-2H3. The van der Waals surface area contributed by atoms with Gasteiger partial charge in [0.05, 0.1) is 19.7 Å². The van der Waals surface area contributed by atoms with Crippen molar-refractivity contribution in [2.45, 2.75) is 38.9 Å². The Hall–Kier alpha value is -3.74. The van der Waals surface area contributed by atoms with E-state index < -0.39 is 5.63 Å². The molecule has 1 unspecified atom stereocenters. The smallest absolute Gasteiger partial charge is 0.339 e. The average Bonchev–Trinajstić information content (AvgIpc) is 3.29. The summed E-state index contributed by atoms with van der Waals surface area (Å²) in [5, 5.41) is 0. The number of likely N-dealkylation sites (tertiary alicyclic amines) is 1. The van der Waals surface area contributed by atoms with Gasteiger partial charge in [-0.25, -0.2) is 4.79 Å². The Kier molecular flexibility index (Phi) is 7.52. The van der Waals surface area contributed by atoms with E-state index in [9.17, 15) is 9.59 Å². The molecule has 0 radical (unpaired) electrons. The van der Waals surface area contributed by atoms with Crippen LogP contribution in [0, 0.1) is 6.92 Å². The lowest BCUT2D eigenvalue weighted by atomic mass is 10.1. The molecule has 1 fully saturated rings. The Morgan fingerprint density at radius 1 is 1.06 bits per heavy atom. The number of benzene rings is 2. The van der Waals surface area contributed by atoms with Crippen LogP contribution in [0.25, 0.3) is 0 Å². The Balaban J connectivity index is 1.30. The summed E-state index contributed by atoms with van der Waals surface area (Å²) in [6.07, 6.45) is 1.59. The van der Waals surface area contributed by atoms with Crippen LogP contribution in [0.2, 0.25) is 0 Å². The van der Waals surface area contributed by atoms with Crippen molar-refractivity contribution in [2.24, 2.45) is 0 Å². The number of carbonyl (C=O) groups is 1. The molecule has 34 heavy (non-hydrogen) atoms. The van der Waals surface area contributed by atoms with E-state index in [0.29, 0.717) is 55.5 Å². The fraction of sp³-hybridized carbons (Fsp3) is 0.333. The number of amides is 1. The molecule has 178 valence electrons. The van der Waals surface area contributed by atoms with Gasteiger partial charge in [0.2, 0.25) is 5.91 Å². The van der Waals surface area contributed by atoms with Crippen molar-refractivity contribution in [3.63, 3.8) is 0 Å². The van der Waals surface area contributed by atoms with Gasteiger partial charge in [-0.05, 0) is 36.6 Å². The fourth-order valence-corrected chi connectivity index (χ4v) is 4.02. The maximum Gasteiger partial charge on any atom is 0.339 e. The van der Waals surface area contributed by atoms with E-state index >= 15 is 0 Å². The molecule has 1 amide bonds. The van der Waals surface area contributed by atoms with Crippen LogP contribution in [0.1, 0.15) is 29.7 Å². The zero-order valence-electron chi connectivity index (χ0n) is 19.5. The first-order chi connectivity index (χ1) is 16.5. The zero-order valence-corrected chi connectivity index (χ0v) is 19.5. The molecule has 2 heterocycles. The minimum Gasteiger partial charge on any atom is -0.493 e. The second-order valence-corrected chi connectivity index (χ2v) is 8.35. The largest absolute Gasteiger partial charge is 0.493 e. The van der Waals surface area contributed by atoms with Crippen molar-refractivity contribution >= 4 is 5.91 Å². The normalized spacial score (nSPS) is 15.2. The summed E-state index contributed by atoms with van der Waals surface area (Å²) in [6, 6.07) is 18.7. The summed E-state index contributed by atoms with van der Waals surface area (Å²) in [5.41, 5.74) is 1.64. The molecule has 0 spiro atoms. The predicted molar refractivity (Wildman–Crippen MR) is 127 cm³/mol. The van der Waals surface area contributed by atoms with Crippen molar-refractivity contribution < 1.29 is 23.4 Å². The van der Waals surface area contributed by atoms with E-state index in [1.807, 2.05) is 53.4 Å². The molecule has 1 aliphatic rings. The second-order valence-electron chi connectivity index (χ2n) is 8.35. The number of methoxy groups -OCH3 is 1. The highest BCUT2D eigenvalue weighted by molar-refractivity contribution is 5.76. The SMILES string of the molecule is COc1ccc(CCC(=O)N2CCC(Oc3cc(C)oc(=O)c3)C2)cc1OCc1ccccc1. The van der Waals surface area contributed by atoms with Crippen molar-refractivity contribution in [3.05, 3.63) is 88.0 Å². The lowest BCUT2D eigenvalue weighted by Gasteiger charge is -2.18. The van der Waals surface area contributed by atoms with Gasteiger partial charge in [-0.3, -0.25) is 4.79 Å². The van der Waals surface area contributed by atoms with Gasteiger partial charge >= 0.3 is 5.63 Å². The van der Waals surface area contributed by atoms with Crippen molar-refractivity contribution in [1.82, 2.24) is 4.90 Å². The van der Waals surface area contributed by atoms with Crippen LogP contribution in [0.5, 0.6) is 17.2 Å². The van der Waals surface area contributed by atoms with E-state index in [1.165, 1.54) is 6.07 Å². The second kappa shape index (κ2) is 10.9. The Labute approximate surface area is 198 Å². The first-order valence-electron chi connectivity index (χ1n) is 11.4. The van der Waals surface area contributed by atoms with Crippen LogP contribution in [0.3, 0.4) is 0 Å². The Bertz CT molecular complexity index is 1170. The number of rotatable bonds is 9. The highest BCUT2D eigenvalue weighted by Crippen LogP contribution is 2.29. The third-order valence-corrected chi connectivity index (χ3v) is 5.76. The van der Waals surface area contributed by atoms with Gasteiger partial charge in [-0.1, -0.05) is 36.4 Å². The van der Waals surface area contributed by atoms with Gasteiger partial charge in [0, 0.05) is 25.5 Å². The molecule has 7 heteroatoms. The van der Waals surface area contributed by atoms with E-state index in [-0.39, 0.29) is 12.0 Å². The molecule has 1 atom stereocenters. The molecule has 0 saturated carbocycles. The molecule has 1 aliphatic heterocycles. The Morgan fingerprint density at radius 3 is 2.65 bits per heavy atom. The van der Waals surface area contributed by atoms with Crippen LogP contribution in [0.4, 0.5) is 0 Å². The summed E-state index contributed by atoms with van der Waals surface area (Å²) in [5.74, 6) is 2.39. The third kappa shape index (κ3) is 6.19. The number of nitrogens with zero attached hydrogens (tertiary/aromatic N) is 1. The molecule has 2 aromatic carbocycles. The molecule has 0 aliphatic carbocycles. The number of aryl methyl sites for hydroxylation is 2. The number of carbonyl (C=O) groups excluding carboxylic acids is 1.